The first-order valence-electron chi connectivity index (χ1n) is 6.16. The highest BCUT2D eigenvalue weighted by atomic mass is 16.2. The molecular formula is C12H17N5O2. The first-order chi connectivity index (χ1) is 9.19. The molecule has 1 aromatic heterocycles. The van der Waals surface area contributed by atoms with Crippen LogP contribution in [0.25, 0.3) is 0 Å². The van der Waals surface area contributed by atoms with E-state index in [-0.39, 0.29) is 18.2 Å². The highest BCUT2D eigenvalue weighted by Gasteiger charge is 2.17. The van der Waals surface area contributed by atoms with Crippen LogP contribution in [0.15, 0.2) is 18.3 Å². The van der Waals surface area contributed by atoms with Crippen molar-refractivity contribution in [2.24, 2.45) is 5.73 Å². The van der Waals surface area contributed by atoms with Crippen molar-refractivity contribution in [3.63, 3.8) is 0 Å². The molecule has 0 unspecified atom stereocenters. The van der Waals surface area contributed by atoms with Gasteiger partial charge >= 0.3 is 0 Å². The number of nitrogens with one attached hydrogen (secondary N) is 2. The van der Waals surface area contributed by atoms with E-state index in [1.165, 1.54) is 0 Å². The van der Waals surface area contributed by atoms with E-state index in [0.29, 0.717) is 25.3 Å². The second-order valence-corrected chi connectivity index (χ2v) is 4.26. The van der Waals surface area contributed by atoms with E-state index in [1.54, 1.807) is 18.3 Å². The van der Waals surface area contributed by atoms with Gasteiger partial charge in [0.2, 0.25) is 11.8 Å². The van der Waals surface area contributed by atoms with Gasteiger partial charge in [-0.05, 0) is 12.1 Å². The van der Waals surface area contributed by atoms with Gasteiger partial charge in [0.05, 0.1) is 18.4 Å². The van der Waals surface area contributed by atoms with Crippen molar-refractivity contribution in [3.8, 4) is 0 Å². The van der Waals surface area contributed by atoms with Crippen LogP contribution in [0.3, 0.4) is 0 Å². The molecule has 1 aliphatic heterocycles. The number of carbonyl (C=O) groups excluding carboxylic acids is 2. The number of nitrogens with zero attached hydrogens (tertiary/aromatic N) is 2. The standard InChI is InChI=1S/C12H17N5O2/c13-4-3-11(18)16-9-1-2-10(15-7-9)17-6-5-14-12(19)8-17/h1-2,7H,3-6,8,13H2,(H,14,19)(H,16,18). The van der Waals surface area contributed by atoms with E-state index in [2.05, 4.69) is 15.6 Å². The normalized spacial score (nSPS) is 15.0. The van der Waals surface area contributed by atoms with Gasteiger partial charge in [-0.25, -0.2) is 4.98 Å². The zero-order chi connectivity index (χ0) is 13.7. The van der Waals surface area contributed by atoms with E-state index in [0.717, 1.165) is 12.4 Å². The van der Waals surface area contributed by atoms with E-state index in [1.807, 2.05) is 4.90 Å². The van der Waals surface area contributed by atoms with Gasteiger partial charge in [-0.3, -0.25) is 9.59 Å². The highest BCUT2D eigenvalue weighted by Crippen LogP contribution is 2.14. The van der Waals surface area contributed by atoms with Crippen molar-refractivity contribution in [2.75, 3.05) is 36.4 Å². The Kier molecular flexibility index (Phi) is 4.30. The molecule has 1 fully saturated rings. The summed E-state index contributed by atoms with van der Waals surface area (Å²) in [4.78, 5) is 28.8. The van der Waals surface area contributed by atoms with Crippen LogP contribution in [0.2, 0.25) is 0 Å². The van der Waals surface area contributed by atoms with Gasteiger partial charge in [0.15, 0.2) is 0 Å². The Balaban J connectivity index is 1.97. The van der Waals surface area contributed by atoms with Crippen LogP contribution in [-0.4, -0.2) is 43.0 Å². The van der Waals surface area contributed by atoms with Crippen molar-refractivity contribution in [1.82, 2.24) is 10.3 Å². The lowest BCUT2D eigenvalue weighted by Gasteiger charge is -2.27. The smallest absolute Gasteiger partial charge is 0.239 e. The van der Waals surface area contributed by atoms with E-state index in [4.69, 9.17) is 5.73 Å². The second-order valence-electron chi connectivity index (χ2n) is 4.26. The van der Waals surface area contributed by atoms with Crippen molar-refractivity contribution in [2.45, 2.75) is 6.42 Å². The van der Waals surface area contributed by atoms with Crippen molar-refractivity contribution in [1.29, 1.82) is 0 Å². The van der Waals surface area contributed by atoms with Gasteiger partial charge in [0.25, 0.3) is 0 Å². The number of amides is 2. The van der Waals surface area contributed by atoms with Gasteiger partial charge in [-0.2, -0.15) is 0 Å². The van der Waals surface area contributed by atoms with Gasteiger partial charge in [0.1, 0.15) is 5.82 Å². The van der Waals surface area contributed by atoms with Crippen LogP contribution >= 0.6 is 0 Å². The van der Waals surface area contributed by atoms with Gasteiger partial charge < -0.3 is 21.3 Å². The molecular weight excluding hydrogens is 246 g/mol. The number of hydrogen-bond acceptors (Lipinski definition) is 5. The maximum Gasteiger partial charge on any atom is 0.239 e. The minimum Gasteiger partial charge on any atom is -0.353 e. The fraction of sp³-hybridized carbons (Fsp3) is 0.417. The van der Waals surface area contributed by atoms with Gasteiger partial charge in [-0.1, -0.05) is 0 Å². The zero-order valence-electron chi connectivity index (χ0n) is 10.6. The summed E-state index contributed by atoms with van der Waals surface area (Å²) in [5.41, 5.74) is 5.93. The van der Waals surface area contributed by atoms with Crippen LogP contribution in [0, 0.1) is 0 Å². The molecule has 0 aromatic carbocycles. The summed E-state index contributed by atoms with van der Waals surface area (Å²) in [6, 6.07) is 3.56. The number of anilines is 2. The van der Waals surface area contributed by atoms with E-state index >= 15 is 0 Å². The van der Waals surface area contributed by atoms with Crippen molar-refractivity contribution < 1.29 is 9.59 Å². The fourth-order valence-corrected chi connectivity index (χ4v) is 1.84. The molecule has 102 valence electrons. The molecule has 0 radical (unpaired) electrons. The Bertz CT molecular complexity index is 460. The number of pyridine rings is 1. The molecule has 1 aliphatic rings. The van der Waals surface area contributed by atoms with Crippen LogP contribution in [-0.2, 0) is 9.59 Å². The summed E-state index contributed by atoms with van der Waals surface area (Å²) in [6.07, 6.45) is 1.87. The third-order valence-electron chi connectivity index (χ3n) is 2.77. The van der Waals surface area contributed by atoms with Gasteiger partial charge in [0, 0.05) is 26.1 Å². The minimum absolute atomic E-state index is 0.00613. The number of nitrogens with two attached hydrogens (primary N) is 1. The zero-order valence-corrected chi connectivity index (χ0v) is 10.6. The molecule has 4 N–H and O–H groups in total. The average Bonchev–Trinajstić information content (AvgIpc) is 2.40. The summed E-state index contributed by atoms with van der Waals surface area (Å²) in [5.74, 6) is 0.592. The predicted molar refractivity (Wildman–Crippen MR) is 71.8 cm³/mol. The summed E-state index contributed by atoms with van der Waals surface area (Å²) >= 11 is 0. The predicted octanol–water partition coefficient (Wildman–Crippen LogP) is -0.695. The Labute approximate surface area is 111 Å². The number of piperazine rings is 1. The van der Waals surface area contributed by atoms with E-state index < -0.39 is 0 Å². The highest BCUT2D eigenvalue weighted by molar-refractivity contribution is 5.90. The maximum atomic E-state index is 11.4. The van der Waals surface area contributed by atoms with Crippen LogP contribution in [0.4, 0.5) is 11.5 Å². The maximum absolute atomic E-state index is 11.4. The average molecular weight is 263 g/mol. The first kappa shape index (κ1) is 13.3. The molecule has 1 aromatic rings. The molecule has 0 spiro atoms. The van der Waals surface area contributed by atoms with Crippen molar-refractivity contribution >= 4 is 23.3 Å². The Morgan fingerprint density at radius 2 is 2.37 bits per heavy atom. The van der Waals surface area contributed by atoms with Crippen LogP contribution in [0.5, 0.6) is 0 Å². The molecule has 7 heteroatoms. The topological polar surface area (TPSA) is 100 Å². The third-order valence-corrected chi connectivity index (χ3v) is 2.77. The number of aromatic nitrogens is 1. The SMILES string of the molecule is NCCC(=O)Nc1ccc(N2CCNC(=O)C2)nc1. The Morgan fingerprint density at radius 1 is 1.53 bits per heavy atom. The third kappa shape index (κ3) is 3.65. The minimum atomic E-state index is -0.130. The lowest BCUT2D eigenvalue weighted by Crippen LogP contribution is -2.48. The molecule has 7 nitrogen and oxygen atoms in total. The molecule has 0 aliphatic carbocycles. The summed E-state index contributed by atoms with van der Waals surface area (Å²) in [5, 5.41) is 5.46. The monoisotopic (exact) mass is 263 g/mol. The number of hydrogen-bond donors (Lipinski definition) is 3. The summed E-state index contributed by atoms with van der Waals surface area (Å²) in [7, 11) is 0. The molecule has 19 heavy (non-hydrogen) atoms. The lowest BCUT2D eigenvalue weighted by molar-refractivity contribution is -0.120. The Hall–Kier alpha value is -2.15. The quantitative estimate of drug-likeness (QED) is 0.667. The second kappa shape index (κ2) is 6.14. The first-order valence-corrected chi connectivity index (χ1v) is 6.16. The van der Waals surface area contributed by atoms with Gasteiger partial charge in [-0.15, -0.1) is 0 Å². The fourth-order valence-electron chi connectivity index (χ4n) is 1.84. The number of rotatable bonds is 4. The van der Waals surface area contributed by atoms with E-state index in [9.17, 15) is 9.59 Å². The molecule has 2 rings (SSSR count). The summed E-state index contributed by atoms with van der Waals surface area (Å²) in [6.45, 7) is 1.99. The largest absolute Gasteiger partial charge is 0.353 e. The molecule has 2 heterocycles. The molecule has 0 saturated carbocycles. The van der Waals surface area contributed by atoms with Crippen LogP contribution < -0.4 is 21.3 Å². The molecule has 0 bridgehead atoms. The van der Waals surface area contributed by atoms with Crippen molar-refractivity contribution in [3.05, 3.63) is 18.3 Å². The molecule has 2 amide bonds. The Morgan fingerprint density at radius 3 is 3.00 bits per heavy atom. The molecule has 0 atom stereocenters. The van der Waals surface area contributed by atoms with Crippen LogP contribution in [0.1, 0.15) is 6.42 Å². The molecule has 1 saturated heterocycles. The lowest BCUT2D eigenvalue weighted by atomic mass is 10.3. The summed E-state index contributed by atoms with van der Waals surface area (Å²) < 4.78 is 0. The number of carbonyl (C=O) groups is 2.